The highest BCUT2D eigenvalue weighted by atomic mass is 19.1. The van der Waals surface area contributed by atoms with Gasteiger partial charge in [0, 0.05) is 6.42 Å². The van der Waals surface area contributed by atoms with Crippen LogP contribution in [0.15, 0.2) is 30.3 Å². The molecule has 0 radical (unpaired) electrons. The van der Waals surface area contributed by atoms with Crippen LogP contribution in [0.4, 0.5) is 9.18 Å². The quantitative estimate of drug-likeness (QED) is 0.113. The van der Waals surface area contributed by atoms with E-state index in [1.54, 1.807) is 30.3 Å². The zero-order chi connectivity index (χ0) is 35.5. The van der Waals surface area contributed by atoms with E-state index in [-0.39, 0.29) is 19.4 Å². The summed E-state index contributed by atoms with van der Waals surface area (Å²) < 4.78 is 31.9. The number of Topliss-reactive ketones (excluding diaryl/α,β-unsaturated/α-hetero) is 1. The van der Waals surface area contributed by atoms with Gasteiger partial charge in [0.25, 0.3) is 0 Å². The van der Waals surface area contributed by atoms with Crippen LogP contribution in [0.1, 0.15) is 45.1 Å². The normalized spacial score (nSPS) is 13.1. The van der Waals surface area contributed by atoms with Crippen molar-refractivity contribution in [2.24, 2.45) is 5.92 Å². The number of hydrogen-bond donors (Lipinski definition) is 4. The van der Waals surface area contributed by atoms with Gasteiger partial charge in [-0.15, -0.1) is 0 Å². The lowest BCUT2D eigenvalue weighted by molar-refractivity contribution is -0.144. The maximum Gasteiger partial charge on any atom is 0.408 e. The monoisotopic (exact) mass is 668 g/mol. The number of hydrogen-bond acceptors (Lipinski definition) is 12. The molecule has 1 aromatic carbocycles. The Hall–Kier alpha value is -5.09. The van der Waals surface area contributed by atoms with E-state index in [4.69, 9.17) is 4.74 Å². The molecule has 0 aliphatic rings. The lowest BCUT2D eigenvalue weighted by Crippen LogP contribution is -2.59. The van der Waals surface area contributed by atoms with Crippen molar-refractivity contribution in [1.82, 2.24) is 21.3 Å². The summed E-state index contributed by atoms with van der Waals surface area (Å²) in [7, 11) is 3.21. The predicted octanol–water partition coefficient (Wildman–Crippen LogP) is 0.00980. The number of esters is 3. The van der Waals surface area contributed by atoms with Crippen molar-refractivity contribution < 1.29 is 61.7 Å². The van der Waals surface area contributed by atoms with Gasteiger partial charge in [0.05, 0.1) is 34.2 Å². The number of alkyl carbamates (subject to hydrolysis) is 1. The third-order valence-electron chi connectivity index (χ3n) is 6.60. The highest BCUT2D eigenvalue weighted by Crippen LogP contribution is 2.09. The molecule has 4 amide bonds. The van der Waals surface area contributed by atoms with Gasteiger partial charge >= 0.3 is 24.0 Å². The fourth-order valence-corrected chi connectivity index (χ4v) is 3.91. The fraction of sp³-hybridized carbons (Fsp3) is 0.533. The second-order valence-corrected chi connectivity index (χ2v) is 10.4. The van der Waals surface area contributed by atoms with E-state index in [2.05, 4.69) is 35.5 Å². The first kappa shape index (κ1) is 39.9. The molecular weight excluding hydrogens is 627 g/mol. The van der Waals surface area contributed by atoms with Crippen molar-refractivity contribution in [3.8, 4) is 0 Å². The van der Waals surface area contributed by atoms with Gasteiger partial charge in [0.1, 0.15) is 37.4 Å². The van der Waals surface area contributed by atoms with E-state index < -0.39 is 97.1 Å². The topological polar surface area (TPSA) is 222 Å². The number of ketones is 1. The third kappa shape index (κ3) is 14.7. The van der Waals surface area contributed by atoms with Crippen molar-refractivity contribution in [3.05, 3.63) is 35.9 Å². The van der Waals surface area contributed by atoms with Gasteiger partial charge in [0.2, 0.25) is 17.7 Å². The molecule has 16 nitrogen and oxygen atoms in total. The van der Waals surface area contributed by atoms with E-state index in [0.29, 0.717) is 5.56 Å². The molecule has 0 heterocycles. The molecule has 1 aromatic rings. The summed E-state index contributed by atoms with van der Waals surface area (Å²) in [5, 5.41) is 9.26. The van der Waals surface area contributed by atoms with E-state index in [0.717, 1.165) is 21.3 Å². The van der Waals surface area contributed by atoms with Gasteiger partial charge < -0.3 is 40.2 Å². The van der Waals surface area contributed by atoms with Gasteiger partial charge in [-0.1, -0.05) is 44.2 Å². The smallest absolute Gasteiger partial charge is 0.408 e. The molecule has 0 saturated heterocycles. The van der Waals surface area contributed by atoms with Crippen molar-refractivity contribution >= 4 is 47.5 Å². The number of amides is 4. The summed E-state index contributed by atoms with van der Waals surface area (Å²) in [5.74, 6) is -7.21. The Kier molecular flexibility index (Phi) is 17.7. The van der Waals surface area contributed by atoms with Crippen molar-refractivity contribution in [1.29, 1.82) is 0 Å². The van der Waals surface area contributed by atoms with E-state index in [9.17, 15) is 42.7 Å². The SMILES string of the molecule is COC(=O)CCC(NC(=O)[C@H](CC(=O)OC)NC(=O)OCc1ccccc1)C(=O)N[C@H](C(=O)NC(CC(=O)OC)C(=O)CF)C(C)C. The van der Waals surface area contributed by atoms with Gasteiger partial charge in [-0.3, -0.25) is 33.6 Å². The van der Waals surface area contributed by atoms with Crippen LogP contribution < -0.4 is 21.3 Å². The van der Waals surface area contributed by atoms with Crippen LogP contribution in [0.5, 0.6) is 0 Å². The molecule has 4 atom stereocenters. The fourth-order valence-electron chi connectivity index (χ4n) is 3.91. The molecule has 0 aliphatic heterocycles. The van der Waals surface area contributed by atoms with Crippen LogP contribution in [0.25, 0.3) is 0 Å². The number of rotatable bonds is 19. The molecule has 17 heteroatoms. The van der Waals surface area contributed by atoms with Gasteiger partial charge in [-0.25, -0.2) is 9.18 Å². The Morgan fingerprint density at radius 3 is 1.74 bits per heavy atom. The second kappa shape index (κ2) is 20.8. The third-order valence-corrected chi connectivity index (χ3v) is 6.60. The van der Waals surface area contributed by atoms with Gasteiger partial charge in [-0.2, -0.15) is 0 Å². The molecule has 4 N–H and O–H groups in total. The first-order valence-corrected chi connectivity index (χ1v) is 14.4. The number of carbonyl (C=O) groups is 8. The lowest BCUT2D eigenvalue weighted by Gasteiger charge is -2.27. The molecule has 0 aliphatic carbocycles. The molecule has 0 fully saturated rings. The zero-order valence-electron chi connectivity index (χ0n) is 26.8. The van der Waals surface area contributed by atoms with Gasteiger partial charge in [-0.05, 0) is 17.9 Å². The van der Waals surface area contributed by atoms with Crippen LogP contribution in [-0.2, 0) is 59.1 Å². The molecule has 2 unspecified atom stereocenters. The number of nitrogens with one attached hydrogen (secondary N) is 4. The van der Waals surface area contributed by atoms with E-state index in [1.807, 2.05) is 0 Å². The minimum Gasteiger partial charge on any atom is -0.469 e. The molecule has 260 valence electrons. The average Bonchev–Trinajstić information content (AvgIpc) is 3.06. The Labute approximate surface area is 270 Å². The summed E-state index contributed by atoms with van der Waals surface area (Å²) >= 11 is 0. The standard InChI is InChI=1S/C30H41FN4O12/c1-17(2)26(29(42)33-20(22(36)15-31)13-24(38)45-4)35-27(40)19(11-12-23(37)44-3)32-28(41)21(14-25(39)46-5)34-30(43)47-16-18-9-7-6-8-10-18/h6-10,17,19-21,26H,11-16H2,1-5H3,(H,32,41)(H,33,42)(H,34,43)(H,35,40)/t19?,20?,21-,26-/m0/s1. The summed E-state index contributed by atoms with van der Waals surface area (Å²) in [6, 6.07) is 2.54. The maximum absolute atomic E-state index is 13.4. The number of benzene rings is 1. The second-order valence-electron chi connectivity index (χ2n) is 10.4. The molecule has 0 bridgehead atoms. The summed E-state index contributed by atoms with van der Waals surface area (Å²) in [6.07, 6.45) is -3.09. The molecule has 47 heavy (non-hydrogen) atoms. The number of carbonyl (C=O) groups excluding carboxylic acids is 8. The Balaban J connectivity index is 3.17. The average molecular weight is 669 g/mol. The zero-order valence-corrected chi connectivity index (χ0v) is 26.8. The Morgan fingerprint density at radius 1 is 0.681 bits per heavy atom. The minimum absolute atomic E-state index is 0.153. The van der Waals surface area contributed by atoms with Gasteiger partial charge in [0.15, 0.2) is 5.78 Å². The summed E-state index contributed by atoms with van der Waals surface area (Å²) in [6.45, 7) is 1.44. The van der Waals surface area contributed by atoms with Crippen molar-refractivity contribution in [2.45, 2.75) is 70.3 Å². The Morgan fingerprint density at radius 2 is 1.21 bits per heavy atom. The number of alkyl halides is 1. The molecule has 1 rings (SSSR count). The molecule has 0 aromatic heterocycles. The summed E-state index contributed by atoms with van der Waals surface area (Å²) in [5.41, 5.74) is 0.644. The molecule has 0 saturated carbocycles. The first-order chi connectivity index (χ1) is 22.3. The van der Waals surface area contributed by atoms with Crippen LogP contribution in [0.2, 0.25) is 0 Å². The first-order valence-electron chi connectivity index (χ1n) is 14.4. The lowest BCUT2D eigenvalue weighted by atomic mass is 10.0. The van der Waals surface area contributed by atoms with Crippen LogP contribution in [0, 0.1) is 5.92 Å². The van der Waals surface area contributed by atoms with Crippen molar-refractivity contribution in [2.75, 3.05) is 28.0 Å². The largest absolute Gasteiger partial charge is 0.469 e. The highest BCUT2D eigenvalue weighted by molar-refractivity contribution is 5.97. The summed E-state index contributed by atoms with van der Waals surface area (Å²) in [4.78, 5) is 99.9. The molecular formula is C30H41FN4O12. The number of ether oxygens (including phenoxy) is 4. The van der Waals surface area contributed by atoms with Crippen LogP contribution in [0.3, 0.4) is 0 Å². The molecule has 0 spiro atoms. The van der Waals surface area contributed by atoms with Crippen LogP contribution >= 0.6 is 0 Å². The van der Waals surface area contributed by atoms with Crippen molar-refractivity contribution in [3.63, 3.8) is 0 Å². The highest BCUT2D eigenvalue weighted by Gasteiger charge is 2.34. The maximum atomic E-state index is 13.4. The predicted molar refractivity (Wildman–Crippen MR) is 160 cm³/mol. The van der Waals surface area contributed by atoms with Crippen LogP contribution in [-0.4, -0.2) is 99.7 Å². The van der Waals surface area contributed by atoms with E-state index >= 15 is 0 Å². The Bertz CT molecular complexity index is 1260. The number of halogens is 1. The van der Waals surface area contributed by atoms with E-state index in [1.165, 1.54) is 13.8 Å². The number of methoxy groups -OCH3 is 3. The minimum atomic E-state index is -1.59.